The number of ether oxygens (including phenoxy) is 3. The number of carbonyl (C=O) groups is 1. The monoisotopic (exact) mass is 505 g/mol. The number of nitrogens with zero attached hydrogens (tertiary/aromatic N) is 1. The molecular weight excluding hydrogens is 480 g/mol. The molecule has 0 radical (unpaired) electrons. The second-order valence-electron chi connectivity index (χ2n) is 8.49. The lowest BCUT2D eigenvalue weighted by Gasteiger charge is -2.16. The van der Waals surface area contributed by atoms with Gasteiger partial charge in [-0.2, -0.15) is 0 Å². The lowest BCUT2D eigenvalue weighted by atomic mass is 10.0. The highest BCUT2D eigenvalue weighted by Gasteiger charge is 2.37. The number of benzene rings is 2. The van der Waals surface area contributed by atoms with Crippen molar-refractivity contribution in [1.29, 1.82) is 0 Å². The van der Waals surface area contributed by atoms with Crippen LogP contribution in [0.25, 0.3) is 10.9 Å². The van der Waals surface area contributed by atoms with E-state index in [9.17, 15) is 28.6 Å². The van der Waals surface area contributed by atoms with Gasteiger partial charge < -0.3 is 34.7 Å². The zero-order valence-corrected chi connectivity index (χ0v) is 19.3. The average Bonchev–Trinajstić information content (AvgIpc) is 3.25. The van der Waals surface area contributed by atoms with E-state index in [-0.39, 0.29) is 60.8 Å². The summed E-state index contributed by atoms with van der Waals surface area (Å²) in [5.41, 5.74) is -1.47. The molecule has 1 aliphatic heterocycles. The van der Waals surface area contributed by atoms with Gasteiger partial charge in [0, 0.05) is 19.4 Å². The van der Waals surface area contributed by atoms with Crippen molar-refractivity contribution in [3.8, 4) is 11.5 Å². The van der Waals surface area contributed by atoms with Gasteiger partial charge in [-0.1, -0.05) is 6.07 Å². The first-order chi connectivity index (χ1) is 17.2. The van der Waals surface area contributed by atoms with Crippen molar-refractivity contribution in [2.24, 2.45) is 0 Å². The SMILES string of the molecule is COc1cc(CNC(=O)c2nc3ccc(F)c(OCCC4CC(O)(CO)CO4)c3c(=O)[nH]2)ccc1F. The first-order valence-corrected chi connectivity index (χ1v) is 11.1. The van der Waals surface area contributed by atoms with Crippen molar-refractivity contribution in [2.75, 3.05) is 26.9 Å². The van der Waals surface area contributed by atoms with E-state index >= 15 is 0 Å². The Hall–Kier alpha value is -3.61. The minimum atomic E-state index is -1.31. The number of amides is 1. The number of rotatable bonds is 9. The van der Waals surface area contributed by atoms with Crippen LogP contribution in [-0.4, -0.2) is 64.7 Å². The Balaban J connectivity index is 1.46. The van der Waals surface area contributed by atoms with Crippen LogP contribution in [0.15, 0.2) is 35.1 Å². The maximum absolute atomic E-state index is 14.5. The van der Waals surface area contributed by atoms with Crippen molar-refractivity contribution in [3.05, 3.63) is 63.7 Å². The molecule has 1 aliphatic rings. The molecule has 3 aromatic rings. The van der Waals surface area contributed by atoms with Gasteiger partial charge in [-0.15, -0.1) is 0 Å². The van der Waals surface area contributed by atoms with Crippen LogP contribution in [0.1, 0.15) is 29.0 Å². The van der Waals surface area contributed by atoms with Gasteiger partial charge in [-0.05, 0) is 29.8 Å². The van der Waals surface area contributed by atoms with E-state index < -0.39 is 41.4 Å². The molecule has 10 nitrogen and oxygen atoms in total. The molecule has 192 valence electrons. The maximum Gasteiger partial charge on any atom is 0.287 e. The molecule has 2 heterocycles. The van der Waals surface area contributed by atoms with Crippen LogP contribution in [-0.2, 0) is 11.3 Å². The van der Waals surface area contributed by atoms with E-state index in [0.717, 1.165) is 6.07 Å². The molecule has 2 aromatic carbocycles. The number of nitrogens with one attached hydrogen (secondary N) is 2. The second-order valence-corrected chi connectivity index (χ2v) is 8.49. The first-order valence-electron chi connectivity index (χ1n) is 11.1. The van der Waals surface area contributed by atoms with Gasteiger partial charge in [0.05, 0.1) is 38.6 Å². The van der Waals surface area contributed by atoms with Crippen LogP contribution in [0.3, 0.4) is 0 Å². The summed E-state index contributed by atoms with van der Waals surface area (Å²) >= 11 is 0. The third-order valence-corrected chi connectivity index (χ3v) is 5.84. The van der Waals surface area contributed by atoms with Crippen LogP contribution in [0.2, 0.25) is 0 Å². The van der Waals surface area contributed by atoms with Crippen LogP contribution in [0, 0.1) is 11.6 Å². The van der Waals surface area contributed by atoms with Crippen molar-refractivity contribution < 1.29 is 38.0 Å². The predicted octanol–water partition coefficient (Wildman–Crippen LogP) is 1.42. The minimum Gasteiger partial charge on any atom is -0.494 e. The first kappa shape index (κ1) is 25.5. The Kier molecular flexibility index (Phi) is 7.48. The Morgan fingerprint density at radius 3 is 2.81 bits per heavy atom. The Morgan fingerprint density at radius 1 is 1.31 bits per heavy atom. The topological polar surface area (TPSA) is 143 Å². The van der Waals surface area contributed by atoms with Crippen LogP contribution < -0.4 is 20.3 Å². The summed E-state index contributed by atoms with van der Waals surface area (Å²) in [5.74, 6) is -2.60. The number of carbonyl (C=O) groups excluding carboxylic acids is 1. The number of fused-ring (bicyclic) bond motifs is 1. The molecule has 4 rings (SSSR count). The Labute approximate surface area is 203 Å². The van der Waals surface area contributed by atoms with E-state index in [0.29, 0.717) is 5.56 Å². The quantitative estimate of drug-likeness (QED) is 0.342. The Bertz CT molecular complexity index is 1330. The number of halogens is 2. The molecule has 1 aromatic heterocycles. The van der Waals surface area contributed by atoms with Gasteiger partial charge in [0.15, 0.2) is 29.0 Å². The van der Waals surface area contributed by atoms with E-state index in [2.05, 4.69) is 15.3 Å². The van der Waals surface area contributed by atoms with Crippen molar-refractivity contribution in [1.82, 2.24) is 15.3 Å². The van der Waals surface area contributed by atoms with Crippen LogP contribution in [0.5, 0.6) is 11.5 Å². The van der Waals surface area contributed by atoms with Gasteiger partial charge in [-0.3, -0.25) is 9.59 Å². The average molecular weight is 505 g/mol. The fourth-order valence-corrected chi connectivity index (χ4v) is 3.91. The lowest BCUT2D eigenvalue weighted by molar-refractivity contribution is -0.0218. The molecule has 36 heavy (non-hydrogen) atoms. The third kappa shape index (κ3) is 5.45. The maximum atomic E-state index is 14.5. The predicted molar refractivity (Wildman–Crippen MR) is 123 cm³/mol. The molecule has 1 amide bonds. The number of methoxy groups -OCH3 is 1. The standard InChI is InChI=1S/C24H25F2N3O7/c1-34-18-8-13(2-3-15(18)25)10-27-23(32)21-28-17-5-4-16(26)20(19(17)22(31)29-21)35-7-6-14-9-24(33,11-30)12-36-14/h2-5,8,14,30,33H,6-7,9-12H2,1H3,(H,27,32)(H,28,29,31). The second kappa shape index (κ2) is 10.6. The summed E-state index contributed by atoms with van der Waals surface area (Å²) in [4.78, 5) is 31.8. The molecule has 1 fully saturated rings. The summed E-state index contributed by atoms with van der Waals surface area (Å²) < 4.78 is 43.9. The van der Waals surface area contributed by atoms with Gasteiger partial charge in [0.1, 0.15) is 11.0 Å². The molecule has 0 bridgehead atoms. The van der Waals surface area contributed by atoms with Crippen LogP contribution in [0.4, 0.5) is 8.78 Å². The highest BCUT2D eigenvalue weighted by atomic mass is 19.1. The minimum absolute atomic E-state index is 0.0140. The summed E-state index contributed by atoms with van der Waals surface area (Å²) in [7, 11) is 1.32. The summed E-state index contributed by atoms with van der Waals surface area (Å²) in [5, 5.41) is 21.7. The fourth-order valence-electron chi connectivity index (χ4n) is 3.91. The number of aliphatic hydroxyl groups excluding tert-OH is 1. The fraction of sp³-hybridized carbons (Fsp3) is 0.375. The zero-order chi connectivity index (χ0) is 25.9. The van der Waals surface area contributed by atoms with Gasteiger partial charge in [0.2, 0.25) is 0 Å². The van der Waals surface area contributed by atoms with E-state index in [1.807, 2.05) is 0 Å². The van der Waals surface area contributed by atoms with E-state index in [4.69, 9.17) is 14.2 Å². The third-order valence-electron chi connectivity index (χ3n) is 5.84. The van der Waals surface area contributed by atoms with Gasteiger partial charge in [-0.25, -0.2) is 13.8 Å². The number of hydrogen-bond donors (Lipinski definition) is 4. The van der Waals surface area contributed by atoms with Crippen molar-refractivity contribution in [3.63, 3.8) is 0 Å². The zero-order valence-electron chi connectivity index (χ0n) is 19.3. The normalized spacial score (nSPS) is 19.4. The Morgan fingerprint density at radius 2 is 2.08 bits per heavy atom. The molecule has 0 aliphatic carbocycles. The largest absolute Gasteiger partial charge is 0.494 e. The van der Waals surface area contributed by atoms with Crippen LogP contribution >= 0.6 is 0 Å². The number of aromatic amines is 1. The molecule has 0 saturated carbocycles. The van der Waals surface area contributed by atoms with Crippen molar-refractivity contribution >= 4 is 16.8 Å². The van der Waals surface area contributed by atoms with E-state index in [1.165, 1.54) is 31.4 Å². The number of hydrogen-bond acceptors (Lipinski definition) is 8. The van der Waals surface area contributed by atoms with Gasteiger partial charge >= 0.3 is 0 Å². The molecule has 4 N–H and O–H groups in total. The summed E-state index contributed by atoms with van der Waals surface area (Å²) in [6.07, 6.45) is 0.0990. The summed E-state index contributed by atoms with van der Waals surface area (Å²) in [6, 6.07) is 6.45. The molecule has 2 atom stereocenters. The molecule has 12 heteroatoms. The molecule has 1 saturated heterocycles. The number of aliphatic hydroxyl groups is 2. The van der Waals surface area contributed by atoms with Gasteiger partial charge in [0.25, 0.3) is 11.5 Å². The number of aromatic nitrogens is 2. The molecule has 2 unspecified atom stereocenters. The molecule has 0 spiro atoms. The highest BCUT2D eigenvalue weighted by Crippen LogP contribution is 2.28. The lowest BCUT2D eigenvalue weighted by Crippen LogP contribution is -2.33. The van der Waals surface area contributed by atoms with Crippen molar-refractivity contribution in [2.45, 2.75) is 31.1 Å². The highest BCUT2D eigenvalue weighted by molar-refractivity contribution is 5.93. The smallest absolute Gasteiger partial charge is 0.287 e. The van der Waals surface area contributed by atoms with E-state index in [1.54, 1.807) is 0 Å². The summed E-state index contributed by atoms with van der Waals surface area (Å²) in [6.45, 7) is -0.452. The molecular formula is C24H25F2N3O7. The number of H-pyrrole nitrogens is 1.